The van der Waals surface area contributed by atoms with Crippen molar-refractivity contribution in [1.82, 2.24) is 20.6 Å². The van der Waals surface area contributed by atoms with E-state index >= 15 is 0 Å². The number of benzene rings is 1. The average Bonchev–Trinajstić information content (AvgIpc) is 2.91. The molecule has 0 amide bonds. The Morgan fingerprint density at radius 1 is 0.895 bits per heavy atom. The monoisotopic (exact) mass is 322 g/mol. The van der Waals surface area contributed by atoms with Gasteiger partial charge in [-0.3, -0.25) is 0 Å². The molecule has 0 bridgehead atoms. The molecule has 3 rings (SSSR count). The van der Waals surface area contributed by atoms with E-state index in [1.165, 1.54) is 6.33 Å². The third kappa shape index (κ3) is 4.35. The van der Waals surface area contributed by atoms with Gasteiger partial charge in [0.1, 0.15) is 6.33 Å². The van der Waals surface area contributed by atoms with E-state index in [9.17, 15) is 5.11 Å². The second kappa shape index (κ2) is 7.50. The van der Waals surface area contributed by atoms with Crippen molar-refractivity contribution in [2.75, 3.05) is 0 Å². The van der Waals surface area contributed by atoms with E-state index in [-0.39, 0.29) is 17.0 Å². The zero-order valence-electron chi connectivity index (χ0n) is 10.1. The first-order chi connectivity index (χ1) is 8.81. The van der Waals surface area contributed by atoms with Crippen LogP contribution in [0.1, 0.15) is 5.56 Å². The van der Waals surface area contributed by atoms with Gasteiger partial charge >= 0.3 is 0 Å². The molecule has 100 valence electrons. The molecular formula is C13H15BrN4O. The number of aliphatic hydroxyl groups is 1. The minimum Gasteiger partial charge on any atom is -0.350 e. The summed E-state index contributed by atoms with van der Waals surface area (Å²) in [6.45, 7) is 0. The molecule has 2 heterocycles. The largest absolute Gasteiger partial charge is 0.350 e. The Labute approximate surface area is 122 Å². The van der Waals surface area contributed by atoms with Gasteiger partial charge in [-0.15, -0.1) is 17.0 Å². The minimum absolute atomic E-state index is 0. The number of hydrogen-bond acceptors (Lipinski definition) is 5. The predicted octanol–water partition coefficient (Wildman–Crippen LogP) is 1.51. The minimum atomic E-state index is -1.12. The first-order valence-corrected chi connectivity index (χ1v) is 5.49. The van der Waals surface area contributed by atoms with Crippen LogP contribution in [-0.4, -0.2) is 15.1 Å². The summed E-state index contributed by atoms with van der Waals surface area (Å²) in [7, 11) is 0. The summed E-state index contributed by atoms with van der Waals surface area (Å²) in [5, 5.41) is 15.5. The lowest BCUT2D eigenvalue weighted by Gasteiger charge is -2.24. The first kappa shape index (κ1) is 15.1. The van der Waals surface area contributed by atoms with Crippen LogP contribution in [0.25, 0.3) is 0 Å². The molecule has 6 heteroatoms. The maximum absolute atomic E-state index is 9.88. The molecule has 0 saturated carbocycles. The molecule has 1 aromatic carbocycles. The van der Waals surface area contributed by atoms with Gasteiger partial charge in [-0.1, -0.05) is 30.3 Å². The zero-order chi connectivity index (χ0) is 12.7. The number of nitrogens with one attached hydrogen (secondary N) is 2. The third-order valence-corrected chi connectivity index (χ3v) is 2.34. The third-order valence-electron chi connectivity index (χ3n) is 2.34. The summed E-state index contributed by atoms with van der Waals surface area (Å²) < 4.78 is 0. The Balaban J connectivity index is 0.000000220. The molecule has 0 spiro atoms. The van der Waals surface area contributed by atoms with Gasteiger partial charge in [-0.05, 0) is 6.07 Å². The summed E-state index contributed by atoms with van der Waals surface area (Å²) in [5.74, 6) is -1.12. The SMILES string of the molecule is Br.OC1(c2ccccc2)NC=CN1.c1cncnc1. The lowest BCUT2D eigenvalue weighted by atomic mass is 10.1. The normalized spacial score (nSPS) is 14.2. The van der Waals surface area contributed by atoms with Crippen LogP contribution >= 0.6 is 17.0 Å². The van der Waals surface area contributed by atoms with Gasteiger partial charge in [0, 0.05) is 30.4 Å². The van der Waals surface area contributed by atoms with Gasteiger partial charge < -0.3 is 15.7 Å². The van der Waals surface area contributed by atoms with Gasteiger partial charge in [0.15, 0.2) is 0 Å². The second-order valence-corrected chi connectivity index (χ2v) is 3.60. The van der Waals surface area contributed by atoms with Gasteiger partial charge in [0.2, 0.25) is 5.85 Å². The van der Waals surface area contributed by atoms with Crippen LogP contribution in [0.15, 0.2) is 67.5 Å². The van der Waals surface area contributed by atoms with E-state index in [4.69, 9.17) is 0 Å². The van der Waals surface area contributed by atoms with E-state index in [0.717, 1.165) is 5.56 Å². The Morgan fingerprint density at radius 2 is 1.47 bits per heavy atom. The van der Waals surface area contributed by atoms with E-state index in [1.54, 1.807) is 30.9 Å². The van der Waals surface area contributed by atoms with Crippen LogP contribution in [0.5, 0.6) is 0 Å². The molecule has 1 aromatic heterocycles. The molecule has 0 radical (unpaired) electrons. The fourth-order valence-corrected chi connectivity index (χ4v) is 1.47. The van der Waals surface area contributed by atoms with Crippen molar-refractivity contribution in [2.24, 2.45) is 0 Å². The Bertz CT molecular complexity index is 458. The fourth-order valence-electron chi connectivity index (χ4n) is 1.47. The summed E-state index contributed by atoms with van der Waals surface area (Å²) >= 11 is 0. The Morgan fingerprint density at radius 3 is 1.89 bits per heavy atom. The van der Waals surface area contributed by atoms with E-state index in [0.29, 0.717) is 0 Å². The highest BCUT2D eigenvalue weighted by Crippen LogP contribution is 2.16. The average molecular weight is 323 g/mol. The highest BCUT2D eigenvalue weighted by Gasteiger charge is 2.28. The topological polar surface area (TPSA) is 70.1 Å². The summed E-state index contributed by atoms with van der Waals surface area (Å²) in [5.41, 5.74) is 0.801. The standard InChI is InChI=1S/C9H10N2O.C4H4N2.BrH/c12-9(10-6-7-11-9)8-4-2-1-3-5-8;1-2-5-4-6-3-1;/h1-7,10-12H;1-4H;1H. The van der Waals surface area contributed by atoms with Crippen LogP contribution in [0.3, 0.4) is 0 Å². The van der Waals surface area contributed by atoms with E-state index in [2.05, 4.69) is 20.6 Å². The van der Waals surface area contributed by atoms with Gasteiger partial charge in [0.05, 0.1) is 0 Å². The number of aromatic nitrogens is 2. The molecule has 19 heavy (non-hydrogen) atoms. The van der Waals surface area contributed by atoms with Gasteiger partial charge in [-0.2, -0.15) is 0 Å². The number of rotatable bonds is 1. The fraction of sp³-hybridized carbons (Fsp3) is 0.0769. The van der Waals surface area contributed by atoms with Crippen molar-refractivity contribution in [3.05, 3.63) is 73.1 Å². The second-order valence-electron chi connectivity index (χ2n) is 3.60. The number of hydrogen-bond donors (Lipinski definition) is 3. The van der Waals surface area contributed by atoms with Gasteiger partial charge in [0.25, 0.3) is 0 Å². The van der Waals surface area contributed by atoms with Crippen molar-refractivity contribution in [1.29, 1.82) is 0 Å². The van der Waals surface area contributed by atoms with E-state index < -0.39 is 5.85 Å². The maximum atomic E-state index is 9.88. The van der Waals surface area contributed by atoms with Crippen LogP contribution in [-0.2, 0) is 5.85 Å². The zero-order valence-corrected chi connectivity index (χ0v) is 11.8. The Kier molecular flexibility index (Phi) is 5.98. The molecule has 0 fully saturated rings. The van der Waals surface area contributed by atoms with Crippen LogP contribution < -0.4 is 10.6 Å². The summed E-state index contributed by atoms with van der Waals surface area (Å²) in [6, 6.07) is 11.2. The highest BCUT2D eigenvalue weighted by atomic mass is 79.9. The number of nitrogens with zero attached hydrogens (tertiary/aromatic N) is 2. The van der Waals surface area contributed by atoms with Crippen molar-refractivity contribution >= 4 is 17.0 Å². The number of halogens is 1. The summed E-state index contributed by atoms with van der Waals surface area (Å²) in [6.07, 6.45) is 8.22. The molecule has 1 aliphatic heterocycles. The maximum Gasteiger partial charge on any atom is 0.241 e. The lowest BCUT2D eigenvalue weighted by molar-refractivity contribution is 0.00265. The molecule has 2 aromatic rings. The van der Waals surface area contributed by atoms with Crippen LogP contribution in [0, 0.1) is 0 Å². The van der Waals surface area contributed by atoms with Gasteiger partial charge in [-0.25, -0.2) is 9.97 Å². The van der Waals surface area contributed by atoms with Crippen molar-refractivity contribution < 1.29 is 5.11 Å². The van der Waals surface area contributed by atoms with Crippen LogP contribution in [0.2, 0.25) is 0 Å². The molecule has 0 saturated heterocycles. The predicted molar refractivity (Wildman–Crippen MR) is 78.1 cm³/mol. The Hall–Kier alpha value is -1.92. The highest BCUT2D eigenvalue weighted by molar-refractivity contribution is 8.93. The molecule has 5 nitrogen and oxygen atoms in total. The summed E-state index contributed by atoms with van der Waals surface area (Å²) in [4.78, 5) is 7.35. The molecule has 0 aliphatic carbocycles. The van der Waals surface area contributed by atoms with Crippen molar-refractivity contribution in [3.63, 3.8) is 0 Å². The van der Waals surface area contributed by atoms with Crippen LogP contribution in [0.4, 0.5) is 0 Å². The molecule has 0 unspecified atom stereocenters. The van der Waals surface area contributed by atoms with E-state index in [1.807, 2.05) is 30.3 Å². The molecule has 0 atom stereocenters. The molecule has 1 aliphatic rings. The first-order valence-electron chi connectivity index (χ1n) is 5.49. The lowest BCUT2D eigenvalue weighted by Crippen LogP contribution is -2.45. The van der Waals surface area contributed by atoms with Crippen molar-refractivity contribution in [3.8, 4) is 0 Å². The smallest absolute Gasteiger partial charge is 0.241 e. The molecular weight excluding hydrogens is 308 g/mol. The van der Waals surface area contributed by atoms with Crippen molar-refractivity contribution in [2.45, 2.75) is 5.85 Å². The quantitative estimate of drug-likeness (QED) is 0.742. The molecule has 3 N–H and O–H groups in total.